The molecule has 1 saturated heterocycles. The lowest BCUT2D eigenvalue weighted by Gasteiger charge is -2.37. The standard InChI is InChI=1S/C31H36FN9O3/c1-18(2)40-13-11-39(12-14-40)17-26(42)41-10-8-19-15-25(44-3)23(16-24(19)41)36-31-37-29-20(7-9-34-29)30(38-31)35-22-6-4-5-21(32)27(22)28(33)43/h4-7,9,15-16,18H,8,10-14,17H2,1-3H3,(H2,33,43)(H3,34,35,36,37,38)/p+1. The second-order valence-electron chi connectivity index (χ2n) is 11.4. The Morgan fingerprint density at radius 1 is 1.11 bits per heavy atom. The highest BCUT2D eigenvalue weighted by molar-refractivity contribution is 6.01. The lowest BCUT2D eigenvalue weighted by Crippen LogP contribution is -2.51. The number of primary amides is 1. The second kappa shape index (κ2) is 12.1. The highest BCUT2D eigenvalue weighted by Gasteiger charge is 2.30. The maximum atomic E-state index is 14.4. The van der Waals surface area contributed by atoms with Crippen LogP contribution in [0.3, 0.4) is 0 Å². The molecule has 230 valence electrons. The monoisotopic (exact) mass is 602 g/mol. The molecule has 2 aromatic carbocycles. The van der Waals surface area contributed by atoms with Crippen molar-refractivity contribution in [2.75, 3.05) is 61.9 Å². The quantitative estimate of drug-likeness (QED) is 0.229. The number of fused-ring (bicyclic) bond motifs is 2. The van der Waals surface area contributed by atoms with Gasteiger partial charge in [0.05, 0.1) is 36.0 Å². The fourth-order valence-corrected chi connectivity index (χ4v) is 5.93. The number of carbonyl (C=O) groups excluding carboxylic acids is 2. The molecule has 0 spiro atoms. The molecule has 2 aliphatic heterocycles. The third-order valence-corrected chi connectivity index (χ3v) is 8.33. The van der Waals surface area contributed by atoms with E-state index in [1.54, 1.807) is 25.4 Å². The van der Waals surface area contributed by atoms with E-state index in [0.29, 0.717) is 53.4 Å². The summed E-state index contributed by atoms with van der Waals surface area (Å²) in [6.45, 7) is 9.05. The van der Waals surface area contributed by atoms with Gasteiger partial charge in [-0.3, -0.25) is 29.7 Å². The van der Waals surface area contributed by atoms with Crippen LogP contribution in [0.25, 0.3) is 11.0 Å². The molecule has 0 atom stereocenters. The van der Waals surface area contributed by atoms with Crippen molar-refractivity contribution in [1.82, 2.24) is 19.8 Å². The van der Waals surface area contributed by atoms with E-state index >= 15 is 0 Å². The number of aromatic amines is 2. The molecule has 13 heteroatoms. The summed E-state index contributed by atoms with van der Waals surface area (Å²) in [6, 6.07) is 10.4. The molecule has 0 aliphatic carbocycles. The summed E-state index contributed by atoms with van der Waals surface area (Å²) in [5.41, 5.74) is 8.52. The number of nitrogens with one attached hydrogen (secondary N) is 4. The number of methoxy groups -OCH3 is 1. The van der Waals surface area contributed by atoms with Crippen LogP contribution < -0.4 is 31.0 Å². The predicted octanol–water partition coefficient (Wildman–Crippen LogP) is 3.03. The van der Waals surface area contributed by atoms with Gasteiger partial charge in [0.1, 0.15) is 11.5 Å². The number of nitrogens with zero attached hydrogens (tertiary/aromatic N) is 4. The van der Waals surface area contributed by atoms with E-state index in [2.05, 4.69) is 44.2 Å². The second-order valence-corrected chi connectivity index (χ2v) is 11.4. The van der Waals surface area contributed by atoms with Crippen molar-refractivity contribution in [3.05, 3.63) is 59.5 Å². The molecular formula is C31H37FN9O3+. The molecule has 6 rings (SSSR count). The molecule has 12 nitrogen and oxygen atoms in total. The Balaban J connectivity index is 1.26. The predicted molar refractivity (Wildman–Crippen MR) is 166 cm³/mol. The van der Waals surface area contributed by atoms with Gasteiger partial charge in [0, 0.05) is 51.0 Å². The SMILES string of the molecule is COc1cc2c(cc1Nc1nc(Nc3cccc(F)c3C(N)=O)c3cc[nH]c3[nH+]1)N(C(=O)CN1CCN(C(C)C)CC1)CC2. The van der Waals surface area contributed by atoms with Crippen LogP contribution in [-0.2, 0) is 11.2 Å². The molecule has 0 bridgehead atoms. The van der Waals surface area contributed by atoms with Crippen LogP contribution in [0, 0.1) is 5.82 Å². The van der Waals surface area contributed by atoms with Crippen LogP contribution in [0.2, 0.25) is 0 Å². The number of anilines is 5. The minimum absolute atomic E-state index is 0.0715. The molecule has 6 N–H and O–H groups in total. The summed E-state index contributed by atoms with van der Waals surface area (Å²) >= 11 is 0. The molecule has 2 aromatic heterocycles. The van der Waals surface area contributed by atoms with Gasteiger partial charge in [-0.15, -0.1) is 0 Å². The van der Waals surface area contributed by atoms with Gasteiger partial charge in [0.2, 0.25) is 17.4 Å². The van der Waals surface area contributed by atoms with Gasteiger partial charge in [-0.1, -0.05) is 11.1 Å². The zero-order chi connectivity index (χ0) is 31.0. The van der Waals surface area contributed by atoms with Gasteiger partial charge in [0.25, 0.3) is 5.91 Å². The number of carbonyl (C=O) groups is 2. The van der Waals surface area contributed by atoms with Crippen LogP contribution in [0.5, 0.6) is 5.75 Å². The van der Waals surface area contributed by atoms with Crippen molar-refractivity contribution in [2.24, 2.45) is 5.73 Å². The minimum atomic E-state index is -0.892. The summed E-state index contributed by atoms with van der Waals surface area (Å²) in [7, 11) is 1.59. The number of nitrogens with two attached hydrogens (primary N) is 1. The Labute approximate surface area is 254 Å². The highest BCUT2D eigenvalue weighted by Crippen LogP contribution is 2.38. The van der Waals surface area contributed by atoms with Gasteiger partial charge in [-0.25, -0.2) is 9.37 Å². The maximum absolute atomic E-state index is 14.4. The lowest BCUT2D eigenvalue weighted by molar-refractivity contribution is -0.333. The van der Waals surface area contributed by atoms with Crippen molar-refractivity contribution in [1.29, 1.82) is 0 Å². The van der Waals surface area contributed by atoms with Crippen molar-refractivity contribution >= 4 is 51.7 Å². The number of H-pyrrole nitrogens is 2. The highest BCUT2D eigenvalue weighted by atomic mass is 19.1. The van der Waals surface area contributed by atoms with Crippen molar-refractivity contribution in [3.63, 3.8) is 0 Å². The first-order valence-corrected chi connectivity index (χ1v) is 14.7. The third kappa shape index (κ3) is 5.75. The smallest absolute Gasteiger partial charge is 0.351 e. The summed E-state index contributed by atoms with van der Waals surface area (Å²) in [5, 5.41) is 7.04. The Bertz CT molecular complexity index is 1720. The Kier molecular flexibility index (Phi) is 8.06. The number of ether oxygens (including phenoxy) is 1. The lowest BCUT2D eigenvalue weighted by atomic mass is 10.1. The van der Waals surface area contributed by atoms with E-state index in [-0.39, 0.29) is 17.2 Å². The Morgan fingerprint density at radius 2 is 1.91 bits per heavy atom. The van der Waals surface area contributed by atoms with E-state index in [9.17, 15) is 14.0 Å². The minimum Gasteiger partial charge on any atom is -0.493 e. The molecule has 4 heterocycles. The number of halogens is 1. The number of piperazine rings is 1. The molecule has 4 aromatic rings. The molecule has 0 radical (unpaired) electrons. The number of amides is 2. The van der Waals surface area contributed by atoms with Crippen LogP contribution in [0.4, 0.5) is 33.2 Å². The van der Waals surface area contributed by atoms with E-state index in [0.717, 1.165) is 43.9 Å². The van der Waals surface area contributed by atoms with Crippen molar-refractivity contribution in [2.45, 2.75) is 26.3 Å². The zero-order valence-corrected chi connectivity index (χ0v) is 25.0. The molecule has 0 unspecified atom stereocenters. The fourth-order valence-electron chi connectivity index (χ4n) is 5.93. The van der Waals surface area contributed by atoms with Gasteiger partial charge < -0.3 is 20.7 Å². The number of aromatic nitrogens is 3. The molecule has 2 amide bonds. The summed E-state index contributed by atoms with van der Waals surface area (Å²) in [4.78, 5) is 43.0. The number of hydrogen-bond acceptors (Lipinski definition) is 8. The van der Waals surface area contributed by atoms with Crippen LogP contribution in [0.1, 0.15) is 29.8 Å². The summed E-state index contributed by atoms with van der Waals surface area (Å²) < 4.78 is 20.2. The third-order valence-electron chi connectivity index (χ3n) is 8.33. The van der Waals surface area contributed by atoms with Gasteiger partial charge in [-0.05, 0) is 50.1 Å². The largest absolute Gasteiger partial charge is 0.493 e. The first-order chi connectivity index (χ1) is 21.2. The van der Waals surface area contributed by atoms with Crippen LogP contribution in [-0.4, -0.2) is 84.0 Å². The van der Waals surface area contributed by atoms with Gasteiger partial charge in [0.15, 0.2) is 5.75 Å². The van der Waals surface area contributed by atoms with Crippen LogP contribution in [0.15, 0.2) is 42.6 Å². The van der Waals surface area contributed by atoms with Gasteiger partial charge in [-0.2, -0.15) is 0 Å². The zero-order valence-electron chi connectivity index (χ0n) is 25.0. The Hall–Kier alpha value is -4.75. The number of rotatable bonds is 9. The van der Waals surface area contributed by atoms with Crippen molar-refractivity contribution < 1.29 is 23.7 Å². The summed E-state index contributed by atoms with van der Waals surface area (Å²) in [6.07, 6.45) is 2.47. The average Bonchev–Trinajstić information content (AvgIpc) is 3.64. The topological polar surface area (TPSA) is 146 Å². The van der Waals surface area contributed by atoms with E-state index in [1.807, 2.05) is 17.0 Å². The fraction of sp³-hybridized carbons (Fsp3) is 0.355. The molecule has 1 fully saturated rings. The first-order valence-electron chi connectivity index (χ1n) is 14.7. The molecule has 0 saturated carbocycles. The maximum Gasteiger partial charge on any atom is 0.351 e. The van der Waals surface area contributed by atoms with Crippen molar-refractivity contribution in [3.8, 4) is 5.75 Å². The number of benzene rings is 2. The van der Waals surface area contributed by atoms with Gasteiger partial charge >= 0.3 is 5.95 Å². The first kappa shape index (κ1) is 29.3. The number of hydrogen-bond donors (Lipinski definition) is 4. The van der Waals surface area contributed by atoms with E-state index < -0.39 is 11.7 Å². The Morgan fingerprint density at radius 3 is 2.64 bits per heavy atom. The molecule has 2 aliphatic rings. The van der Waals surface area contributed by atoms with Crippen LogP contribution >= 0.6 is 0 Å². The average molecular weight is 603 g/mol. The van der Waals surface area contributed by atoms with E-state index in [4.69, 9.17) is 15.5 Å². The molecule has 44 heavy (non-hydrogen) atoms. The normalized spacial score (nSPS) is 15.5. The van der Waals surface area contributed by atoms with E-state index in [1.165, 1.54) is 12.1 Å². The summed E-state index contributed by atoms with van der Waals surface area (Å²) in [5.74, 6) is -0.241. The molecular weight excluding hydrogens is 565 g/mol.